The third-order valence-corrected chi connectivity index (χ3v) is 4.14. The summed E-state index contributed by atoms with van der Waals surface area (Å²) in [5.41, 5.74) is 0.697. The molecule has 1 aliphatic rings. The zero-order valence-corrected chi connectivity index (χ0v) is 12.3. The van der Waals surface area contributed by atoms with Gasteiger partial charge in [0.15, 0.2) is 0 Å². The van der Waals surface area contributed by atoms with Gasteiger partial charge in [-0.1, -0.05) is 19.9 Å². The van der Waals surface area contributed by atoms with Crippen LogP contribution in [0, 0.1) is 17.7 Å². The van der Waals surface area contributed by atoms with Crippen LogP contribution in [0.4, 0.5) is 4.39 Å². The molecule has 3 nitrogen and oxygen atoms in total. The van der Waals surface area contributed by atoms with E-state index in [9.17, 15) is 14.0 Å². The maximum absolute atomic E-state index is 13.6. The van der Waals surface area contributed by atoms with Crippen molar-refractivity contribution in [1.29, 1.82) is 0 Å². The molecule has 0 radical (unpaired) electrons. The maximum atomic E-state index is 13.6. The van der Waals surface area contributed by atoms with Crippen molar-refractivity contribution in [3.63, 3.8) is 0 Å². The number of benzene rings is 1. The average molecular weight is 328 g/mol. The van der Waals surface area contributed by atoms with E-state index in [4.69, 9.17) is 0 Å². The summed E-state index contributed by atoms with van der Waals surface area (Å²) in [5.74, 6) is -1.42. The highest BCUT2D eigenvalue weighted by Crippen LogP contribution is 2.36. The zero-order chi connectivity index (χ0) is 14.2. The first-order chi connectivity index (χ1) is 8.90. The van der Waals surface area contributed by atoms with Gasteiger partial charge in [-0.3, -0.25) is 14.9 Å². The quantitative estimate of drug-likeness (QED) is 0.849. The second-order valence-corrected chi connectivity index (χ2v) is 6.02. The lowest BCUT2D eigenvalue weighted by Gasteiger charge is -2.33. The van der Waals surface area contributed by atoms with Gasteiger partial charge in [0.25, 0.3) is 0 Å². The summed E-state index contributed by atoms with van der Waals surface area (Å²) in [5, 5.41) is 2.36. The molecular formula is C14H15BrFNO2. The molecule has 0 bridgehead atoms. The fraction of sp³-hybridized carbons (Fsp3) is 0.429. The third kappa shape index (κ3) is 2.86. The predicted octanol–water partition coefficient (Wildman–Crippen LogP) is 2.99. The molecule has 2 atom stereocenters. The van der Waals surface area contributed by atoms with Gasteiger partial charge in [-0.2, -0.15) is 0 Å². The highest BCUT2D eigenvalue weighted by atomic mass is 79.9. The monoisotopic (exact) mass is 327 g/mol. The first kappa shape index (κ1) is 14.2. The standard InChI is InChI=1S/C14H15BrFNO2/c1-7(2)13-9(6-12(18)17-14(13)19)8-3-4-10(15)11(16)5-8/h3-5,7,9,13H,6H2,1-2H3,(H,17,18,19). The Balaban J connectivity index is 2.40. The first-order valence-electron chi connectivity index (χ1n) is 6.18. The largest absolute Gasteiger partial charge is 0.296 e. The second-order valence-electron chi connectivity index (χ2n) is 5.17. The Morgan fingerprint density at radius 1 is 1.37 bits per heavy atom. The van der Waals surface area contributed by atoms with Gasteiger partial charge >= 0.3 is 0 Å². The van der Waals surface area contributed by atoms with Crippen molar-refractivity contribution in [3.8, 4) is 0 Å². The molecule has 0 aromatic heterocycles. The molecule has 102 valence electrons. The summed E-state index contributed by atoms with van der Waals surface area (Å²) in [6, 6.07) is 4.77. The predicted molar refractivity (Wildman–Crippen MR) is 72.9 cm³/mol. The zero-order valence-electron chi connectivity index (χ0n) is 10.7. The molecule has 19 heavy (non-hydrogen) atoms. The van der Waals surface area contributed by atoms with Crippen LogP contribution >= 0.6 is 15.9 Å². The number of carbonyl (C=O) groups is 2. The van der Waals surface area contributed by atoms with Crippen LogP contribution < -0.4 is 5.32 Å². The molecule has 2 rings (SSSR count). The summed E-state index contributed by atoms with van der Waals surface area (Å²) in [7, 11) is 0. The van der Waals surface area contributed by atoms with Crippen molar-refractivity contribution in [3.05, 3.63) is 34.1 Å². The smallest absolute Gasteiger partial charge is 0.230 e. The summed E-state index contributed by atoms with van der Waals surface area (Å²) in [6.07, 6.45) is 0.218. The van der Waals surface area contributed by atoms with Crippen LogP contribution in [0.5, 0.6) is 0 Å². The van der Waals surface area contributed by atoms with Crippen LogP contribution in [0.15, 0.2) is 22.7 Å². The Bertz CT molecular complexity index is 530. The fourth-order valence-electron chi connectivity index (χ4n) is 2.62. The molecule has 5 heteroatoms. The number of hydrogen-bond acceptors (Lipinski definition) is 2. The Kier molecular flexibility index (Phi) is 4.04. The normalized spacial score (nSPS) is 23.6. The summed E-state index contributed by atoms with van der Waals surface area (Å²) in [6.45, 7) is 3.87. The van der Waals surface area contributed by atoms with Crippen LogP contribution in [0.1, 0.15) is 31.7 Å². The Labute approximate surface area is 119 Å². The number of halogens is 2. The van der Waals surface area contributed by atoms with Crippen molar-refractivity contribution in [2.24, 2.45) is 11.8 Å². The first-order valence-corrected chi connectivity index (χ1v) is 6.98. The fourth-order valence-corrected chi connectivity index (χ4v) is 2.86. The lowest BCUT2D eigenvalue weighted by atomic mass is 9.75. The Morgan fingerprint density at radius 3 is 2.63 bits per heavy atom. The molecule has 2 unspecified atom stereocenters. The molecule has 1 N–H and O–H groups in total. The highest BCUT2D eigenvalue weighted by molar-refractivity contribution is 9.10. The van der Waals surface area contributed by atoms with Crippen molar-refractivity contribution < 1.29 is 14.0 Å². The number of nitrogens with one attached hydrogen (secondary N) is 1. The molecular weight excluding hydrogens is 313 g/mol. The van der Waals surface area contributed by atoms with E-state index in [0.29, 0.717) is 10.0 Å². The minimum Gasteiger partial charge on any atom is -0.296 e. The molecule has 2 amide bonds. The van der Waals surface area contributed by atoms with Crippen LogP contribution in [0.25, 0.3) is 0 Å². The van der Waals surface area contributed by atoms with Gasteiger partial charge < -0.3 is 0 Å². The van der Waals surface area contributed by atoms with E-state index >= 15 is 0 Å². The lowest BCUT2D eigenvalue weighted by Crippen LogP contribution is -2.46. The molecule has 1 heterocycles. The molecule has 0 spiro atoms. The van der Waals surface area contributed by atoms with Crippen LogP contribution in [-0.4, -0.2) is 11.8 Å². The Morgan fingerprint density at radius 2 is 2.05 bits per heavy atom. The minimum atomic E-state index is -0.376. The van der Waals surface area contributed by atoms with E-state index in [-0.39, 0.29) is 41.8 Å². The minimum absolute atomic E-state index is 0.0878. The van der Waals surface area contributed by atoms with E-state index in [2.05, 4.69) is 21.2 Å². The van der Waals surface area contributed by atoms with Crippen LogP contribution in [0.2, 0.25) is 0 Å². The lowest BCUT2D eigenvalue weighted by molar-refractivity contribution is -0.138. The van der Waals surface area contributed by atoms with E-state index in [1.807, 2.05) is 13.8 Å². The molecule has 1 fully saturated rings. The van der Waals surface area contributed by atoms with Crippen molar-refractivity contribution in [2.75, 3.05) is 0 Å². The van der Waals surface area contributed by atoms with Gasteiger partial charge in [0.2, 0.25) is 11.8 Å². The van der Waals surface area contributed by atoms with Gasteiger partial charge in [0.1, 0.15) is 5.82 Å². The molecule has 1 aromatic carbocycles. The highest BCUT2D eigenvalue weighted by Gasteiger charge is 2.38. The van der Waals surface area contributed by atoms with Gasteiger partial charge in [0.05, 0.1) is 4.47 Å². The molecule has 0 saturated carbocycles. The van der Waals surface area contributed by atoms with Crippen LogP contribution in [-0.2, 0) is 9.59 Å². The number of imide groups is 1. The number of carbonyl (C=O) groups excluding carboxylic acids is 2. The molecule has 1 saturated heterocycles. The summed E-state index contributed by atoms with van der Waals surface area (Å²) >= 11 is 3.10. The SMILES string of the molecule is CC(C)C1C(=O)NC(=O)CC1c1ccc(Br)c(F)c1. The number of hydrogen-bond donors (Lipinski definition) is 1. The van der Waals surface area contributed by atoms with E-state index in [0.717, 1.165) is 0 Å². The van der Waals surface area contributed by atoms with E-state index < -0.39 is 0 Å². The van der Waals surface area contributed by atoms with Gasteiger partial charge in [-0.15, -0.1) is 0 Å². The summed E-state index contributed by atoms with van der Waals surface area (Å²) in [4.78, 5) is 23.5. The average Bonchev–Trinajstić information content (AvgIpc) is 2.31. The van der Waals surface area contributed by atoms with Gasteiger partial charge in [-0.05, 0) is 39.5 Å². The van der Waals surface area contributed by atoms with Crippen molar-refractivity contribution in [2.45, 2.75) is 26.2 Å². The van der Waals surface area contributed by atoms with Crippen molar-refractivity contribution in [1.82, 2.24) is 5.32 Å². The van der Waals surface area contributed by atoms with Gasteiger partial charge in [-0.25, -0.2) is 4.39 Å². The van der Waals surface area contributed by atoms with Gasteiger partial charge in [0, 0.05) is 18.3 Å². The maximum Gasteiger partial charge on any atom is 0.230 e. The molecule has 1 aliphatic heterocycles. The second kappa shape index (κ2) is 5.41. The van der Waals surface area contributed by atoms with Crippen molar-refractivity contribution >= 4 is 27.7 Å². The number of rotatable bonds is 2. The van der Waals surface area contributed by atoms with Crippen LogP contribution in [0.3, 0.4) is 0 Å². The molecule has 0 aliphatic carbocycles. The Hall–Kier alpha value is -1.23. The molecule has 1 aromatic rings. The van der Waals surface area contributed by atoms with E-state index in [1.165, 1.54) is 6.07 Å². The number of amides is 2. The number of piperidine rings is 1. The summed E-state index contributed by atoms with van der Waals surface area (Å²) < 4.78 is 14.0. The third-order valence-electron chi connectivity index (χ3n) is 3.49. The van der Waals surface area contributed by atoms with E-state index in [1.54, 1.807) is 12.1 Å². The topological polar surface area (TPSA) is 46.2 Å².